The van der Waals surface area contributed by atoms with Gasteiger partial charge in [0.15, 0.2) is 5.78 Å². The molecule has 2 aliphatic heterocycles. The number of rotatable bonds is 5. The van der Waals surface area contributed by atoms with Crippen LogP contribution in [-0.4, -0.2) is 17.5 Å². The fourth-order valence-corrected chi connectivity index (χ4v) is 10.3. The monoisotopic (exact) mass is 508 g/mol. The summed E-state index contributed by atoms with van der Waals surface area (Å²) in [7, 11) is 0. The molecule has 9 atom stereocenters. The van der Waals surface area contributed by atoms with Crippen LogP contribution in [-0.2, 0) is 9.53 Å². The van der Waals surface area contributed by atoms with E-state index in [2.05, 4.69) is 87.5 Å². The zero-order valence-corrected chi connectivity index (χ0v) is 23.5. The normalized spacial score (nSPS) is 41.8. The minimum Gasteiger partial charge on any atom is -0.363 e. The third-order valence-corrected chi connectivity index (χ3v) is 12.3. The van der Waals surface area contributed by atoms with Gasteiger partial charge in [-0.15, -0.1) is 0 Å². The Labute approximate surface area is 229 Å². The molecule has 200 valence electrons. The first-order chi connectivity index (χ1) is 18.3. The molecule has 4 aliphatic carbocycles. The van der Waals surface area contributed by atoms with E-state index in [1.165, 1.54) is 55.2 Å². The molecule has 2 heterocycles. The van der Waals surface area contributed by atoms with Crippen molar-refractivity contribution in [3.8, 4) is 0 Å². The average molecular weight is 509 g/mol. The molecule has 2 aromatic carbocycles. The van der Waals surface area contributed by atoms with E-state index in [9.17, 15) is 4.79 Å². The highest BCUT2D eigenvalue weighted by atomic mass is 16.5. The molecule has 4 bridgehead atoms. The molecule has 2 aromatic rings. The van der Waals surface area contributed by atoms with Gasteiger partial charge < -0.3 is 4.74 Å². The van der Waals surface area contributed by atoms with Crippen molar-refractivity contribution < 1.29 is 9.53 Å². The SMILES string of the molecule is C[C@@H](CC=C(c1ccccc1)c1ccccc1)[C@@H]1C[C@@H]2[C@@H]3CC[C@@H]4C[C@H]5CC[C@]4(C)[C@@]3(O5)C(=O)C[C@]2(C)C1. The molecular weight excluding hydrogens is 464 g/mol. The number of hydrogen-bond acceptors (Lipinski definition) is 2. The molecule has 0 amide bonds. The largest absolute Gasteiger partial charge is 0.363 e. The van der Waals surface area contributed by atoms with Crippen molar-refractivity contribution in [1.29, 1.82) is 0 Å². The summed E-state index contributed by atoms with van der Waals surface area (Å²) in [5.41, 5.74) is 3.65. The molecule has 2 saturated heterocycles. The van der Waals surface area contributed by atoms with Crippen molar-refractivity contribution in [2.24, 2.45) is 40.4 Å². The van der Waals surface area contributed by atoms with Gasteiger partial charge in [0.25, 0.3) is 0 Å². The van der Waals surface area contributed by atoms with Crippen molar-refractivity contribution in [3.63, 3.8) is 0 Å². The molecule has 6 fully saturated rings. The first-order valence-electron chi connectivity index (χ1n) is 15.4. The summed E-state index contributed by atoms with van der Waals surface area (Å²) in [5.74, 6) is 3.48. The van der Waals surface area contributed by atoms with Crippen molar-refractivity contribution in [3.05, 3.63) is 77.9 Å². The zero-order valence-electron chi connectivity index (χ0n) is 23.5. The Kier molecular flexibility index (Phi) is 5.82. The fourth-order valence-electron chi connectivity index (χ4n) is 10.3. The summed E-state index contributed by atoms with van der Waals surface area (Å²) >= 11 is 0. The van der Waals surface area contributed by atoms with E-state index in [1.807, 2.05) is 0 Å². The molecule has 0 N–H and O–H groups in total. The van der Waals surface area contributed by atoms with Crippen LogP contribution in [0.1, 0.15) is 89.7 Å². The van der Waals surface area contributed by atoms with E-state index in [0.717, 1.165) is 19.3 Å². The predicted molar refractivity (Wildman–Crippen MR) is 153 cm³/mol. The van der Waals surface area contributed by atoms with Crippen LogP contribution in [0.3, 0.4) is 0 Å². The van der Waals surface area contributed by atoms with Crippen LogP contribution in [0.25, 0.3) is 5.57 Å². The number of allylic oxidation sites excluding steroid dienone is 1. The second-order valence-corrected chi connectivity index (χ2v) is 14.2. The number of carbonyl (C=O) groups excluding carboxylic acids is 1. The number of carbonyl (C=O) groups is 1. The summed E-state index contributed by atoms with van der Waals surface area (Å²) in [6.45, 7) is 7.36. The summed E-state index contributed by atoms with van der Waals surface area (Å²) in [6, 6.07) is 21.7. The van der Waals surface area contributed by atoms with Crippen molar-refractivity contribution in [2.45, 2.75) is 90.3 Å². The van der Waals surface area contributed by atoms with Crippen LogP contribution in [0.4, 0.5) is 0 Å². The van der Waals surface area contributed by atoms with Gasteiger partial charge in [-0.2, -0.15) is 0 Å². The molecule has 38 heavy (non-hydrogen) atoms. The van der Waals surface area contributed by atoms with Crippen LogP contribution < -0.4 is 0 Å². The maximum Gasteiger partial charge on any atom is 0.166 e. The molecule has 8 rings (SSSR count). The number of hydrogen-bond donors (Lipinski definition) is 0. The minimum atomic E-state index is -0.479. The smallest absolute Gasteiger partial charge is 0.166 e. The number of ether oxygens (including phenoxy) is 1. The molecule has 0 unspecified atom stereocenters. The van der Waals surface area contributed by atoms with Crippen molar-refractivity contribution in [2.75, 3.05) is 0 Å². The molecule has 0 aromatic heterocycles. The van der Waals surface area contributed by atoms with E-state index in [1.54, 1.807) is 0 Å². The Hall–Kier alpha value is -2.19. The first kappa shape index (κ1) is 24.8. The van der Waals surface area contributed by atoms with Gasteiger partial charge in [0.1, 0.15) is 5.60 Å². The molecular formula is C36H44O2. The Morgan fingerprint density at radius 2 is 1.63 bits per heavy atom. The lowest BCUT2D eigenvalue weighted by Gasteiger charge is -2.70. The highest BCUT2D eigenvalue weighted by molar-refractivity contribution is 5.91. The second kappa shape index (κ2) is 8.91. The molecule has 6 aliphatic rings. The van der Waals surface area contributed by atoms with Crippen molar-refractivity contribution >= 4 is 11.4 Å². The van der Waals surface area contributed by atoms with Crippen LogP contribution in [0.15, 0.2) is 66.7 Å². The van der Waals surface area contributed by atoms with Gasteiger partial charge in [0.05, 0.1) is 6.10 Å². The fraction of sp³-hybridized carbons (Fsp3) is 0.583. The lowest BCUT2D eigenvalue weighted by Crippen LogP contribution is -2.74. The summed E-state index contributed by atoms with van der Waals surface area (Å²) < 4.78 is 6.93. The molecule has 4 saturated carbocycles. The van der Waals surface area contributed by atoms with Crippen LogP contribution in [0, 0.1) is 40.4 Å². The molecule has 1 spiro atoms. The van der Waals surface area contributed by atoms with E-state index in [4.69, 9.17) is 4.74 Å². The third kappa shape index (κ3) is 3.51. The summed E-state index contributed by atoms with van der Waals surface area (Å²) in [5, 5.41) is 0. The predicted octanol–water partition coefficient (Wildman–Crippen LogP) is 8.50. The standard InChI is InChI=1S/C36H44O2/c1-24(14-16-30(25-10-6-4-7-11-25)26-12-8-5-9-13-26)27-20-32-31-17-15-28-21-29-18-19-35(28,3)36(31,38-29)33(37)23-34(32,2)22-27/h4-13,16,24,27-29,31-32H,14-15,17-23H2,1-3H3/t24-,27+,28+,29+,31-,32+,34-,35-,36-/m0/s1. The Balaban J connectivity index is 1.15. The number of Topliss-reactive ketones (excluding diaryl/α,β-unsaturated/α-hetero) is 1. The van der Waals surface area contributed by atoms with Crippen LogP contribution in [0.2, 0.25) is 0 Å². The van der Waals surface area contributed by atoms with E-state index in [-0.39, 0.29) is 10.8 Å². The Morgan fingerprint density at radius 1 is 0.947 bits per heavy atom. The topological polar surface area (TPSA) is 26.3 Å². The zero-order chi connectivity index (χ0) is 26.1. The molecule has 2 heteroatoms. The molecule has 2 nitrogen and oxygen atoms in total. The van der Waals surface area contributed by atoms with Crippen LogP contribution >= 0.6 is 0 Å². The van der Waals surface area contributed by atoms with Crippen molar-refractivity contribution in [1.82, 2.24) is 0 Å². The lowest BCUT2D eigenvalue weighted by atomic mass is 9.41. The average Bonchev–Trinajstić information content (AvgIpc) is 3.27. The first-order valence-corrected chi connectivity index (χ1v) is 15.4. The van der Waals surface area contributed by atoms with Gasteiger partial charge in [-0.05, 0) is 103 Å². The van der Waals surface area contributed by atoms with Gasteiger partial charge in [-0.3, -0.25) is 4.79 Å². The highest BCUT2D eigenvalue weighted by Gasteiger charge is 2.74. The Bertz CT molecular complexity index is 1190. The summed E-state index contributed by atoms with van der Waals surface area (Å²) in [6.07, 6.45) is 13.2. The van der Waals surface area contributed by atoms with E-state index < -0.39 is 5.60 Å². The molecule has 0 radical (unpaired) electrons. The maximum absolute atomic E-state index is 14.2. The second-order valence-electron chi connectivity index (χ2n) is 14.2. The minimum absolute atomic E-state index is 0.0653. The third-order valence-electron chi connectivity index (χ3n) is 12.3. The van der Waals surface area contributed by atoms with E-state index >= 15 is 0 Å². The van der Waals surface area contributed by atoms with Gasteiger partial charge in [-0.25, -0.2) is 0 Å². The van der Waals surface area contributed by atoms with Gasteiger partial charge in [0, 0.05) is 11.8 Å². The number of ketones is 1. The quantitative estimate of drug-likeness (QED) is 0.405. The number of fused-ring (bicyclic) bond motifs is 3. The lowest BCUT2D eigenvalue weighted by molar-refractivity contribution is -0.306. The summed E-state index contributed by atoms with van der Waals surface area (Å²) in [4.78, 5) is 14.2. The highest BCUT2D eigenvalue weighted by Crippen LogP contribution is 2.72. The van der Waals surface area contributed by atoms with E-state index in [0.29, 0.717) is 41.5 Å². The maximum atomic E-state index is 14.2. The van der Waals surface area contributed by atoms with Gasteiger partial charge in [-0.1, -0.05) is 87.5 Å². The van der Waals surface area contributed by atoms with Gasteiger partial charge >= 0.3 is 0 Å². The van der Waals surface area contributed by atoms with Gasteiger partial charge in [0.2, 0.25) is 0 Å². The number of benzene rings is 2. The van der Waals surface area contributed by atoms with Crippen LogP contribution in [0.5, 0.6) is 0 Å². The Morgan fingerprint density at radius 3 is 2.32 bits per heavy atom.